The lowest BCUT2D eigenvalue weighted by atomic mass is 10.2. The van der Waals surface area contributed by atoms with Crippen LogP contribution >= 0.6 is 0 Å². The molecule has 12 heavy (non-hydrogen) atoms. The Labute approximate surface area is 68.8 Å². The third-order valence-corrected chi connectivity index (χ3v) is 1.13. The fraction of sp³-hybridized carbons (Fsp3) is 0.667. The summed E-state index contributed by atoms with van der Waals surface area (Å²) in [6.07, 6.45) is 0.123. The first-order chi connectivity index (χ1) is 5.66. The summed E-state index contributed by atoms with van der Waals surface area (Å²) in [6.45, 7) is 0.238. The molecule has 0 saturated heterocycles. The molecule has 0 aromatic heterocycles. The number of hydrogen-bond donors (Lipinski definition) is 1. The van der Waals surface area contributed by atoms with Gasteiger partial charge in [-0.3, -0.25) is 9.59 Å². The molecule has 0 saturated carbocycles. The van der Waals surface area contributed by atoms with E-state index in [9.17, 15) is 9.59 Å². The Morgan fingerprint density at radius 1 is 1.50 bits per heavy atom. The summed E-state index contributed by atoms with van der Waals surface area (Å²) in [4.78, 5) is 23.2. The average molecular weight is 171 g/mol. The highest BCUT2D eigenvalue weighted by Gasteiger charge is 2.05. The van der Waals surface area contributed by atoms with Gasteiger partial charge in [0, 0.05) is 17.9 Å². The van der Waals surface area contributed by atoms with Gasteiger partial charge in [0.2, 0.25) is 0 Å². The average Bonchev–Trinajstić information content (AvgIpc) is 1.97. The SMILES string of the molecule is [N-]=[N+]=NCCCC(=O)CC(=O)O. The minimum atomic E-state index is -1.12. The van der Waals surface area contributed by atoms with E-state index in [4.69, 9.17) is 10.6 Å². The van der Waals surface area contributed by atoms with Crippen molar-refractivity contribution in [1.29, 1.82) is 0 Å². The normalized spacial score (nSPS) is 8.67. The van der Waals surface area contributed by atoms with Crippen LogP contribution in [-0.4, -0.2) is 23.4 Å². The number of Topliss-reactive ketones (excluding diaryl/α,β-unsaturated/α-hetero) is 1. The van der Waals surface area contributed by atoms with E-state index in [1.807, 2.05) is 0 Å². The Morgan fingerprint density at radius 3 is 2.67 bits per heavy atom. The van der Waals surface area contributed by atoms with E-state index in [-0.39, 0.29) is 18.7 Å². The molecule has 0 atom stereocenters. The Morgan fingerprint density at radius 2 is 2.17 bits per heavy atom. The molecule has 0 aliphatic carbocycles. The first kappa shape index (κ1) is 10.4. The molecule has 6 heteroatoms. The Hall–Kier alpha value is -1.55. The minimum Gasteiger partial charge on any atom is -0.481 e. The van der Waals surface area contributed by atoms with E-state index in [0.717, 1.165) is 0 Å². The van der Waals surface area contributed by atoms with Crippen LogP contribution in [0.3, 0.4) is 0 Å². The third-order valence-electron chi connectivity index (χ3n) is 1.13. The first-order valence-electron chi connectivity index (χ1n) is 3.41. The number of carboxylic acid groups (broad SMARTS) is 1. The van der Waals surface area contributed by atoms with Crippen molar-refractivity contribution in [2.24, 2.45) is 5.11 Å². The lowest BCUT2D eigenvalue weighted by Gasteiger charge is -1.93. The van der Waals surface area contributed by atoms with E-state index in [1.54, 1.807) is 0 Å². The number of hydrogen-bond acceptors (Lipinski definition) is 3. The molecule has 0 unspecified atom stereocenters. The molecule has 66 valence electrons. The van der Waals surface area contributed by atoms with E-state index in [1.165, 1.54) is 0 Å². The Balaban J connectivity index is 3.44. The molecule has 0 radical (unpaired) electrons. The maximum atomic E-state index is 10.7. The molecule has 0 bridgehead atoms. The zero-order valence-electron chi connectivity index (χ0n) is 6.43. The highest BCUT2D eigenvalue weighted by Crippen LogP contribution is 1.95. The van der Waals surface area contributed by atoms with Gasteiger partial charge in [0.05, 0.1) is 0 Å². The van der Waals surface area contributed by atoms with Crippen molar-refractivity contribution in [3.63, 3.8) is 0 Å². The molecule has 0 heterocycles. The number of carboxylic acids is 1. The molecule has 0 amide bonds. The number of rotatable bonds is 6. The monoisotopic (exact) mass is 171 g/mol. The van der Waals surface area contributed by atoms with Crippen molar-refractivity contribution in [3.05, 3.63) is 10.4 Å². The number of nitrogens with zero attached hydrogens (tertiary/aromatic N) is 3. The number of azide groups is 1. The van der Waals surface area contributed by atoms with Gasteiger partial charge in [0.1, 0.15) is 12.2 Å². The largest absolute Gasteiger partial charge is 0.481 e. The maximum absolute atomic E-state index is 10.7. The van der Waals surface area contributed by atoms with Crippen LogP contribution in [0.1, 0.15) is 19.3 Å². The van der Waals surface area contributed by atoms with Gasteiger partial charge in [-0.25, -0.2) is 0 Å². The molecule has 0 aromatic carbocycles. The summed E-state index contributed by atoms with van der Waals surface area (Å²) < 4.78 is 0. The molecule has 1 N–H and O–H groups in total. The second-order valence-corrected chi connectivity index (χ2v) is 2.17. The molecule has 0 aliphatic rings. The van der Waals surface area contributed by atoms with Crippen LogP contribution in [0.4, 0.5) is 0 Å². The molecule has 0 aromatic rings. The second kappa shape index (κ2) is 6.18. The quantitative estimate of drug-likeness (QED) is 0.213. The van der Waals surface area contributed by atoms with Crippen LogP contribution in [0.25, 0.3) is 10.4 Å². The van der Waals surface area contributed by atoms with Crippen molar-refractivity contribution < 1.29 is 14.7 Å². The lowest BCUT2D eigenvalue weighted by Crippen LogP contribution is -2.06. The molecule has 0 spiro atoms. The van der Waals surface area contributed by atoms with Crippen molar-refractivity contribution in [3.8, 4) is 0 Å². The molecule has 0 fully saturated rings. The minimum absolute atomic E-state index is 0.158. The standard InChI is InChI=1S/C6H9N3O3/c7-9-8-3-1-2-5(10)4-6(11)12/h1-4H2,(H,11,12). The van der Waals surface area contributed by atoms with Gasteiger partial charge in [-0.2, -0.15) is 0 Å². The Kier molecular flexibility index (Phi) is 5.38. The second-order valence-electron chi connectivity index (χ2n) is 2.17. The zero-order valence-corrected chi connectivity index (χ0v) is 6.43. The summed E-state index contributed by atoms with van der Waals surface area (Å²) in [6, 6.07) is 0. The van der Waals surface area contributed by atoms with E-state index in [0.29, 0.717) is 6.42 Å². The first-order valence-corrected chi connectivity index (χ1v) is 3.41. The van der Waals surface area contributed by atoms with Gasteiger partial charge in [-0.15, -0.1) is 0 Å². The van der Waals surface area contributed by atoms with Crippen LogP contribution in [0.2, 0.25) is 0 Å². The molecular formula is C6H9N3O3. The molecule has 0 rings (SSSR count). The van der Waals surface area contributed by atoms with Gasteiger partial charge in [-0.05, 0) is 12.0 Å². The van der Waals surface area contributed by atoms with Crippen LogP contribution in [0, 0.1) is 0 Å². The molecular weight excluding hydrogens is 162 g/mol. The van der Waals surface area contributed by atoms with Crippen molar-refractivity contribution >= 4 is 11.8 Å². The zero-order chi connectivity index (χ0) is 9.40. The number of aliphatic carboxylic acids is 1. The van der Waals surface area contributed by atoms with Crippen LogP contribution in [-0.2, 0) is 9.59 Å². The van der Waals surface area contributed by atoms with Gasteiger partial charge < -0.3 is 5.11 Å². The molecule has 0 aliphatic heterocycles. The number of ketones is 1. The summed E-state index contributed by atoms with van der Waals surface area (Å²) in [5, 5.41) is 11.4. The third kappa shape index (κ3) is 6.57. The van der Waals surface area contributed by atoms with Crippen molar-refractivity contribution in [2.75, 3.05) is 6.54 Å². The number of carbonyl (C=O) groups is 2. The van der Waals surface area contributed by atoms with Gasteiger partial charge in [0.15, 0.2) is 0 Å². The van der Waals surface area contributed by atoms with Crippen molar-refractivity contribution in [2.45, 2.75) is 19.3 Å². The van der Waals surface area contributed by atoms with E-state index >= 15 is 0 Å². The van der Waals surface area contributed by atoms with Gasteiger partial charge in [-0.1, -0.05) is 5.11 Å². The highest BCUT2D eigenvalue weighted by molar-refractivity contribution is 5.94. The Bertz CT molecular complexity index is 220. The number of carbonyl (C=O) groups excluding carboxylic acids is 1. The predicted octanol–water partition coefficient (Wildman–Crippen LogP) is 1.12. The van der Waals surface area contributed by atoms with Crippen LogP contribution in [0.5, 0.6) is 0 Å². The van der Waals surface area contributed by atoms with E-state index < -0.39 is 12.4 Å². The lowest BCUT2D eigenvalue weighted by molar-refractivity contribution is -0.140. The van der Waals surface area contributed by atoms with Crippen LogP contribution < -0.4 is 0 Å². The smallest absolute Gasteiger partial charge is 0.310 e. The van der Waals surface area contributed by atoms with Gasteiger partial charge >= 0.3 is 5.97 Å². The fourth-order valence-corrected chi connectivity index (χ4v) is 0.649. The summed E-state index contributed by atoms with van der Waals surface area (Å²) in [5.41, 5.74) is 7.86. The summed E-state index contributed by atoms with van der Waals surface area (Å²) in [7, 11) is 0. The topological polar surface area (TPSA) is 103 Å². The van der Waals surface area contributed by atoms with Crippen molar-refractivity contribution in [1.82, 2.24) is 0 Å². The predicted molar refractivity (Wildman–Crippen MR) is 40.5 cm³/mol. The van der Waals surface area contributed by atoms with E-state index in [2.05, 4.69) is 10.0 Å². The summed E-state index contributed by atoms with van der Waals surface area (Å²) >= 11 is 0. The fourth-order valence-electron chi connectivity index (χ4n) is 0.649. The maximum Gasteiger partial charge on any atom is 0.310 e. The van der Waals surface area contributed by atoms with Gasteiger partial charge in [0.25, 0.3) is 0 Å². The van der Waals surface area contributed by atoms with Crippen LogP contribution in [0.15, 0.2) is 5.11 Å². The molecule has 6 nitrogen and oxygen atoms in total. The summed E-state index contributed by atoms with van der Waals surface area (Å²) in [5.74, 6) is -1.46. The highest BCUT2D eigenvalue weighted by atomic mass is 16.4.